The highest BCUT2D eigenvalue weighted by atomic mass is 35.5. The normalized spacial score (nSPS) is 14.6. The maximum atomic E-state index is 12.4. The van der Waals surface area contributed by atoms with Gasteiger partial charge in [-0.15, -0.1) is 27.7 Å². The van der Waals surface area contributed by atoms with E-state index >= 15 is 0 Å². The van der Waals surface area contributed by atoms with Gasteiger partial charge >= 0.3 is 0 Å². The number of halogens is 2. The number of hydrogen-bond acceptors (Lipinski definition) is 7. The monoisotopic (exact) mass is 425 g/mol. The summed E-state index contributed by atoms with van der Waals surface area (Å²) in [5.74, 6) is -0.348. The molecule has 8 nitrogen and oxygen atoms in total. The highest BCUT2D eigenvalue weighted by Crippen LogP contribution is 2.28. The van der Waals surface area contributed by atoms with Crippen molar-refractivity contribution in [1.29, 1.82) is 0 Å². The lowest BCUT2D eigenvalue weighted by Gasteiger charge is -2.21. The molecule has 11 heteroatoms. The van der Waals surface area contributed by atoms with Gasteiger partial charge in [0, 0.05) is 10.6 Å². The van der Waals surface area contributed by atoms with E-state index in [-0.39, 0.29) is 30.0 Å². The van der Waals surface area contributed by atoms with E-state index in [9.17, 15) is 4.79 Å². The molecular formula is C16H17Cl2N7OS. The molecule has 0 aliphatic carbocycles. The Bertz CT molecular complexity index is 923. The smallest absolute Gasteiger partial charge is 0.279 e. The first-order valence-electron chi connectivity index (χ1n) is 8.22. The summed E-state index contributed by atoms with van der Waals surface area (Å²) in [6, 6.07) is 7.61. The fourth-order valence-electron chi connectivity index (χ4n) is 2.80. The summed E-state index contributed by atoms with van der Waals surface area (Å²) in [6.45, 7) is 1.90. The number of rotatable bonds is 4. The summed E-state index contributed by atoms with van der Waals surface area (Å²) in [4.78, 5) is 12.4. The number of piperidine rings is 1. The first-order valence-corrected chi connectivity index (χ1v) is 9.42. The van der Waals surface area contributed by atoms with Gasteiger partial charge in [0.05, 0.1) is 12.2 Å². The predicted octanol–water partition coefficient (Wildman–Crippen LogP) is 3.05. The topological polar surface area (TPSA) is 97.6 Å². The van der Waals surface area contributed by atoms with Crippen LogP contribution in [0.1, 0.15) is 29.4 Å². The molecule has 0 spiro atoms. The van der Waals surface area contributed by atoms with Crippen LogP contribution < -0.4 is 10.6 Å². The molecule has 3 aromatic rings. The van der Waals surface area contributed by atoms with Crippen LogP contribution in [-0.2, 0) is 0 Å². The first-order chi connectivity index (χ1) is 12.7. The van der Waals surface area contributed by atoms with Crippen LogP contribution in [0.4, 0.5) is 5.13 Å². The third-order valence-electron chi connectivity index (χ3n) is 4.14. The second-order valence-electron chi connectivity index (χ2n) is 5.94. The van der Waals surface area contributed by atoms with Crippen LogP contribution in [0, 0.1) is 0 Å². The second-order valence-corrected chi connectivity index (χ2v) is 7.36. The minimum atomic E-state index is -0.348. The van der Waals surface area contributed by atoms with E-state index in [4.69, 9.17) is 11.6 Å². The van der Waals surface area contributed by atoms with Gasteiger partial charge in [0.2, 0.25) is 5.13 Å². The van der Waals surface area contributed by atoms with Gasteiger partial charge in [-0.25, -0.2) is 4.68 Å². The van der Waals surface area contributed by atoms with E-state index in [1.807, 2.05) is 12.1 Å². The van der Waals surface area contributed by atoms with Crippen LogP contribution in [0.2, 0.25) is 5.02 Å². The Morgan fingerprint density at radius 3 is 2.85 bits per heavy atom. The third-order valence-corrected chi connectivity index (χ3v) is 5.27. The lowest BCUT2D eigenvalue weighted by molar-refractivity contribution is 0.102. The van der Waals surface area contributed by atoms with Crippen LogP contribution in [0.25, 0.3) is 10.6 Å². The first kappa shape index (κ1) is 19.7. The van der Waals surface area contributed by atoms with Gasteiger partial charge in [0.25, 0.3) is 5.91 Å². The fourth-order valence-corrected chi connectivity index (χ4v) is 3.73. The van der Waals surface area contributed by atoms with Gasteiger partial charge in [-0.2, -0.15) is 0 Å². The molecule has 1 aliphatic rings. The Labute approximate surface area is 170 Å². The van der Waals surface area contributed by atoms with Gasteiger partial charge in [-0.3, -0.25) is 10.1 Å². The molecule has 0 saturated carbocycles. The van der Waals surface area contributed by atoms with E-state index in [0.29, 0.717) is 15.2 Å². The van der Waals surface area contributed by atoms with Gasteiger partial charge in [-0.1, -0.05) is 40.3 Å². The van der Waals surface area contributed by atoms with Crippen molar-refractivity contribution in [2.24, 2.45) is 0 Å². The second kappa shape index (κ2) is 8.75. The molecule has 1 saturated heterocycles. The van der Waals surface area contributed by atoms with E-state index in [2.05, 4.69) is 31.1 Å². The number of benzene rings is 1. The average Bonchev–Trinajstić information content (AvgIpc) is 3.32. The van der Waals surface area contributed by atoms with Crippen molar-refractivity contribution in [3.63, 3.8) is 0 Å². The molecule has 27 heavy (non-hydrogen) atoms. The van der Waals surface area contributed by atoms with Crippen molar-refractivity contribution in [3.05, 3.63) is 41.2 Å². The van der Waals surface area contributed by atoms with Crippen LogP contribution in [-0.4, -0.2) is 44.2 Å². The lowest BCUT2D eigenvalue weighted by atomic mass is 10.1. The molecule has 2 aromatic heterocycles. The molecule has 4 rings (SSSR count). The molecule has 3 heterocycles. The van der Waals surface area contributed by atoms with Crippen LogP contribution in [0.15, 0.2) is 30.5 Å². The molecule has 0 radical (unpaired) electrons. The van der Waals surface area contributed by atoms with Crippen molar-refractivity contribution in [1.82, 2.24) is 30.5 Å². The molecule has 0 unspecified atom stereocenters. The molecule has 0 bridgehead atoms. The standard InChI is InChI=1S/C16H16ClN7OS.ClH/c17-11-3-1-2-10(8-11)15-21-22-16(26-15)19-14(25)13-9-24(23-20-13)12-4-6-18-7-5-12;/h1-3,8-9,12,18H,4-7H2,(H,19,22,25);1H. The summed E-state index contributed by atoms with van der Waals surface area (Å²) in [6.07, 6.45) is 3.64. The van der Waals surface area contributed by atoms with E-state index in [0.717, 1.165) is 31.5 Å². The highest BCUT2D eigenvalue weighted by Gasteiger charge is 2.19. The van der Waals surface area contributed by atoms with Crippen LogP contribution >= 0.6 is 35.3 Å². The Balaban J connectivity index is 0.00000210. The van der Waals surface area contributed by atoms with Crippen LogP contribution in [0.5, 0.6) is 0 Å². The third kappa shape index (κ3) is 4.62. The van der Waals surface area contributed by atoms with Gasteiger partial charge in [0.15, 0.2) is 5.69 Å². The van der Waals surface area contributed by atoms with E-state index in [1.54, 1.807) is 23.0 Å². The molecule has 2 N–H and O–H groups in total. The fraction of sp³-hybridized carbons (Fsp3) is 0.312. The summed E-state index contributed by atoms with van der Waals surface area (Å²) in [5.41, 5.74) is 1.12. The van der Waals surface area contributed by atoms with E-state index in [1.165, 1.54) is 11.3 Å². The summed E-state index contributed by atoms with van der Waals surface area (Å²) in [7, 11) is 0. The maximum Gasteiger partial charge on any atom is 0.279 e. The van der Waals surface area contributed by atoms with Crippen LogP contribution in [0.3, 0.4) is 0 Å². The van der Waals surface area contributed by atoms with Crippen molar-refractivity contribution < 1.29 is 4.79 Å². The number of carbonyl (C=O) groups is 1. The molecule has 1 fully saturated rings. The molecule has 1 amide bonds. The zero-order chi connectivity index (χ0) is 17.9. The van der Waals surface area contributed by atoms with Gasteiger partial charge < -0.3 is 5.32 Å². The summed E-state index contributed by atoms with van der Waals surface area (Å²) in [5, 5.41) is 23.9. The quantitative estimate of drug-likeness (QED) is 0.666. The van der Waals surface area contributed by atoms with E-state index < -0.39 is 0 Å². The van der Waals surface area contributed by atoms with Gasteiger partial charge in [0.1, 0.15) is 5.01 Å². The number of aromatic nitrogens is 5. The molecule has 1 aliphatic heterocycles. The average molecular weight is 426 g/mol. The minimum absolute atomic E-state index is 0. The Kier molecular flexibility index (Phi) is 6.38. The zero-order valence-electron chi connectivity index (χ0n) is 14.1. The Morgan fingerprint density at radius 1 is 1.26 bits per heavy atom. The molecule has 0 atom stereocenters. The number of amides is 1. The molecule has 1 aromatic carbocycles. The maximum absolute atomic E-state index is 12.4. The van der Waals surface area contributed by atoms with Crippen molar-refractivity contribution in [3.8, 4) is 10.6 Å². The summed E-state index contributed by atoms with van der Waals surface area (Å²) < 4.78 is 1.77. The summed E-state index contributed by atoms with van der Waals surface area (Å²) >= 11 is 7.27. The SMILES string of the molecule is Cl.O=C(Nc1nnc(-c2cccc(Cl)c2)s1)c1cn(C2CCNCC2)nn1. The zero-order valence-corrected chi connectivity index (χ0v) is 16.5. The molecule has 142 valence electrons. The number of nitrogens with one attached hydrogen (secondary N) is 2. The predicted molar refractivity (Wildman–Crippen MR) is 107 cm³/mol. The number of anilines is 1. The number of carbonyl (C=O) groups excluding carboxylic acids is 1. The minimum Gasteiger partial charge on any atom is -0.317 e. The lowest BCUT2D eigenvalue weighted by Crippen LogP contribution is -2.29. The van der Waals surface area contributed by atoms with Crippen molar-refractivity contribution in [2.45, 2.75) is 18.9 Å². The number of nitrogens with zero attached hydrogens (tertiary/aromatic N) is 5. The highest BCUT2D eigenvalue weighted by molar-refractivity contribution is 7.18. The van der Waals surface area contributed by atoms with Crippen molar-refractivity contribution >= 4 is 46.4 Å². The Hall–Kier alpha value is -2.07. The largest absolute Gasteiger partial charge is 0.317 e. The van der Waals surface area contributed by atoms with Gasteiger partial charge in [-0.05, 0) is 38.1 Å². The number of hydrogen-bond donors (Lipinski definition) is 2. The van der Waals surface area contributed by atoms with Crippen molar-refractivity contribution in [2.75, 3.05) is 18.4 Å². The molecular weight excluding hydrogens is 409 g/mol. The Morgan fingerprint density at radius 2 is 2.07 bits per heavy atom.